The van der Waals surface area contributed by atoms with E-state index in [9.17, 15) is 4.79 Å². The number of rotatable bonds is 5. The third-order valence-corrected chi connectivity index (χ3v) is 6.14. The van der Waals surface area contributed by atoms with Crippen molar-refractivity contribution in [3.8, 4) is 11.1 Å². The second-order valence-corrected chi connectivity index (χ2v) is 8.40. The van der Waals surface area contributed by atoms with Crippen LogP contribution in [-0.4, -0.2) is 19.0 Å². The third-order valence-electron chi connectivity index (χ3n) is 6.14. The minimum absolute atomic E-state index is 0.0401. The number of carbonyl (C=O) groups is 1. The number of nitrogens with zero attached hydrogens (tertiary/aromatic N) is 1. The summed E-state index contributed by atoms with van der Waals surface area (Å²) in [5, 5.41) is 3.12. The molecule has 1 atom stereocenters. The fraction of sp³-hybridized carbons (Fsp3) is 0.296. The van der Waals surface area contributed by atoms with Gasteiger partial charge >= 0.3 is 0 Å². The van der Waals surface area contributed by atoms with E-state index in [0.717, 1.165) is 35.7 Å². The van der Waals surface area contributed by atoms with Crippen molar-refractivity contribution in [1.29, 1.82) is 0 Å². The molecule has 0 unspecified atom stereocenters. The number of carbonyl (C=O) groups excluding carboxylic acids is 1. The number of hydrogen-bond acceptors (Lipinski definition) is 2. The minimum Gasteiger partial charge on any atom is -0.372 e. The van der Waals surface area contributed by atoms with E-state index >= 15 is 0 Å². The number of anilines is 1. The van der Waals surface area contributed by atoms with Crippen molar-refractivity contribution in [3.63, 3.8) is 0 Å². The van der Waals surface area contributed by atoms with E-state index in [-0.39, 0.29) is 11.9 Å². The van der Waals surface area contributed by atoms with E-state index in [1.54, 1.807) is 0 Å². The average molecular weight is 399 g/mol. The largest absolute Gasteiger partial charge is 0.372 e. The molecule has 4 rings (SSSR count). The molecule has 1 N–H and O–H groups in total. The Morgan fingerprint density at radius 1 is 0.867 bits per heavy atom. The highest BCUT2D eigenvalue weighted by Crippen LogP contribution is 2.25. The van der Waals surface area contributed by atoms with Gasteiger partial charge in [-0.2, -0.15) is 0 Å². The van der Waals surface area contributed by atoms with E-state index in [1.165, 1.54) is 18.5 Å². The van der Waals surface area contributed by atoms with Crippen LogP contribution in [0, 0.1) is 5.92 Å². The Labute approximate surface area is 179 Å². The van der Waals surface area contributed by atoms with Crippen molar-refractivity contribution in [2.45, 2.75) is 32.7 Å². The lowest BCUT2D eigenvalue weighted by Gasteiger charge is -2.32. The highest BCUT2D eigenvalue weighted by atomic mass is 16.1. The van der Waals surface area contributed by atoms with Gasteiger partial charge in [0.2, 0.25) is 0 Å². The van der Waals surface area contributed by atoms with Crippen LogP contribution in [0.15, 0.2) is 78.9 Å². The highest BCUT2D eigenvalue weighted by molar-refractivity contribution is 5.95. The lowest BCUT2D eigenvalue weighted by molar-refractivity contribution is 0.0940. The molecule has 0 spiro atoms. The van der Waals surface area contributed by atoms with Gasteiger partial charge in [0, 0.05) is 24.3 Å². The zero-order valence-corrected chi connectivity index (χ0v) is 17.8. The molecule has 1 amide bonds. The number of hydrogen-bond donors (Lipinski definition) is 1. The van der Waals surface area contributed by atoms with Crippen LogP contribution in [0.5, 0.6) is 0 Å². The summed E-state index contributed by atoms with van der Waals surface area (Å²) in [7, 11) is 0. The molecule has 0 aliphatic carbocycles. The monoisotopic (exact) mass is 398 g/mol. The van der Waals surface area contributed by atoms with Crippen LogP contribution in [0.1, 0.15) is 48.7 Å². The van der Waals surface area contributed by atoms with Crippen LogP contribution >= 0.6 is 0 Å². The van der Waals surface area contributed by atoms with Crippen LogP contribution < -0.4 is 10.2 Å². The third kappa shape index (κ3) is 4.73. The molecule has 0 radical (unpaired) electrons. The summed E-state index contributed by atoms with van der Waals surface area (Å²) in [5.74, 6) is 0.786. The van der Waals surface area contributed by atoms with Gasteiger partial charge in [-0.1, -0.05) is 61.5 Å². The standard InChI is InChI=1S/C27H30N2O/c1-20-16-18-29(19-17-20)26-14-12-22(13-15-26)21(2)28-27(30)25-10-8-24(9-11-25)23-6-4-3-5-7-23/h3-15,20-21H,16-19H2,1-2H3,(H,28,30)/t21-/m1/s1. The van der Waals surface area contributed by atoms with Gasteiger partial charge in [-0.05, 0) is 66.6 Å². The van der Waals surface area contributed by atoms with Gasteiger partial charge in [0.1, 0.15) is 0 Å². The van der Waals surface area contributed by atoms with Crippen LogP contribution in [0.4, 0.5) is 5.69 Å². The molecule has 0 bridgehead atoms. The Bertz CT molecular complexity index is 956. The maximum Gasteiger partial charge on any atom is 0.251 e. The summed E-state index contributed by atoms with van der Waals surface area (Å²) in [5.41, 5.74) is 5.35. The molecule has 3 aromatic rings. The van der Waals surface area contributed by atoms with Crippen molar-refractivity contribution in [3.05, 3.63) is 90.0 Å². The van der Waals surface area contributed by atoms with Gasteiger partial charge in [0.25, 0.3) is 5.91 Å². The second kappa shape index (κ2) is 9.17. The van der Waals surface area contributed by atoms with Crippen LogP contribution in [0.3, 0.4) is 0 Å². The Kier molecular flexibility index (Phi) is 6.18. The van der Waals surface area contributed by atoms with Crippen molar-refractivity contribution in [2.75, 3.05) is 18.0 Å². The Hall–Kier alpha value is -3.07. The van der Waals surface area contributed by atoms with E-state index in [2.05, 4.69) is 53.5 Å². The number of benzene rings is 3. The summed E-state index contributed by atoms with van der Waals surface area (Å²) in [6, 6.07) is 26.6. The topological polar surface area (TPSA) is 32.3 Å². The lowest BCUT2D eigenvalue weighted by atomic mass is 9.98. The maximum atomic E-state index is 12.7. The molecule has 30 heavy (non-hydrogen) atoms. The summed E-state index contributed by atoms with van der Waals surface area (Å²) in [6.07, 6.45) is 2.52. The minimum atomic E-state index is -0.0452. The molecule has 1 fully saturated rings. The molecule has 1 aliphatic heterocycles. The fourth-order valence-corrected chi connectivity index (χ4v) is 4.05. The first kappa shape index (κ1) is 20.2. The second-order valence-electron chi connectivity index (χ2n) is 8.40. The van der Waals surface area contributed by atoms with Crippen LogP contribution in [0.25, 0.3) is 11.1 Å². The first-order valence-electron chi connectivity index (χ1n) is 10.9. The smallest absolute Gasteiger partial charge is 0.251 e. The Morgan fingerprint density at radius 3 is 2.10 bits per heavy atom. The van der Waals surface area contributed by atoms with Crippen molar-refractivity contribution in [2.24, 2.45) is 5.92 Å². The Morgan fingerprint density at radius 2 is 1.47 bits per heavy atom. The van der Waals surface area contributed by atoms with Gasteiger partial charge in [-0.15, -0.1) is 0 Å². The summed E-state index contributed by atoms with van der Waals surface area (Å²) in [4.78, 5) is 15.2. The van der Waals surface area contributed by atoms with Crippen LogP contribution in [-0.2, 0) is 0 Å². The number of piperidine rings is 1. The van der Waals surface area contributed by atoms with E-state index in [4.69, 9.17) is 0 Å². The molecular weight excluding hydrogens is 368 g/mol. The Balaban J connectivity index is 1.37. The van der Waals surface area contributed by atoms with Crippen molar-refractivity contribution < 1.29 is 4.79 Å². The van der Waals surface area contributed by atoms with Gasteiger partial charge < -0.3 is 10.2 Å². The van der Waals surface area contributed by atoms with E-state index < -0.39 is 0 Å². The van der Waals surface area contributed by atoms with Gasteiger partial charge in [-0.3, -0.25) is 4.79 Å². The van der Waals surface area contributed by atoms with Gasteiger partial charge in [0.05, 0.1) is 6.04 Å². The molecule has 1 heterocycles. The zero-order valence-electron chi connectivity index (χ0n) is 17.8. The normalized spacial score (nSPS) is 15.6. The SMILES string of the molecule is CC1CCN(c2ccc([C@@H](C)NC(=O)c3ccc(-c4ccccc4)cc3)cc2)CC1. The molecule has 0 saturated carbocycles. The number of nitrogens with one attached hydrogen (secondary N) is 1. The molecule has 0 aromatic heterocycles. The summed E-state index contributed by atoms with van der Waals surface area (Å²) < 4.78 is 0. The molecule has 3 nitrogen and oxygen atoms in total. The quantitative estimate of drug-likeness (QED) is 0.565. The molecule has 1 saturated heterocycles. The van der Waals surface area contributed by atoms with Crippen LogP contribution in [0.2, 0.25) is 0 Å². The summed E-state index contributed by atoms with van der Waals surface area (Å²) >= 11 is 0. The first-order valence-corrected chi connectivity index (χ1v) is 10.9. The molecule has 3 heteroatoms. The molecule has 3 aromatic carbocycles. The van der Waals surface area contributed by atoms with Crippen molar-refractivity contribution >= 4 is 11.6 Å². The fourth-order valence-electron chi connectivity index (χ4n) is 4.05. The van der Waals surface area contributed by atoms with E-state index in [0.29, 0.717) is 5.56 Å². The highest BCUT2D eigenvalue weighted by Gasteiger charge is 2.17. The lowest BCUT2D eigenvalue weighted by Crippen LogP contribution is -2.32. The molecular formula is C27H30N2O. The predicted molar refractivity (Wildman–Crippen MR) is 125 cm³/mol. The predicted octanol–water partition coefficient (Wildman–Crippen LogP) is 6.08. The first-order chi connectivity index (χ1) is 14.6. The van der Waals surface area contributed by atoms with E-state index in [1.807, 2.05) is 49.4 Å². The zero-order chi connectivity index (χ0) is 20.9. The molecule has 1 aliphatic rings. The summed E-state index contributed by atoms with van der Waals surface area (Å²) in [6.45, 7) is 6.63. The van der Waals surface area contributed by atoms with Gasteiger partial charge in [-0.25, -0.2) is 0 Å². The average Bonchev–Trinajstić information content (AvgIpc) is 2.80. The molecule has 154 valence electrons. The van der Waals surface area contributed by atoms with Crippen molar-refractivity contribution in [1.82, 2.24) is 5.32 Å². The maximum absolute atomic E-state index is 12.7. The van der Waals surface area contributed by atoms with Gasteiger partial charge in [0.15, 0.2) is 0 Å². The number of amides is 1.